The molecule has 12 heavy (non-hydrogen) atoms. The first kappa shape index (κ1) is 8.81. The Kier molecular flexibility index (Phi) is 2.51. The molecule has 1 aromatic rings. The number of aryl methyl sites for hydroxylation is 1. The summed E-state index contributed by atoms with van der Waals surface area (Å²) in [5.41, 5.74) is 1.51. The number of phenolic OH excluding ortho intramolecular Hbond substituents is 1. The predicted molar refractivity (Wildman–Crippen MR) is 48.0 cm³/mol. The van der Waals surface area contributed by atoms with Gasteiger partial charge in [-0.25, -0.2) is 0 Å². The summed E-state index contributed by atoms with van der Waals surface area (Å²) in [5.74, 6) is 0.105. The van der Waals surface area contributed by atoms with Gasteiger partial charge in [-0.1, -0.05) is 17.7 Å². The Bertz CT molecular complexity index is 292. The Hall–Kier alpha value is -1.28. The van der Waals surface area contributed by atoms with Gasteiger partial charge in [-0.2, -0.15) is 0 Å². The van der Waals surface area contributed by atoms with E-state index in [0.717, 1.165) is 5.56 Å². The smallest absolute Gasteiger partial charge is 0.121 e. The van der Waals surface area contributed by atoms with Crippen LogP contribution in [0.15, 0.2) is 30.9 Å². The van der Waals surface area contributed by atoms with E-state index in [4.69, 9.17) is 0 Å². The van der Waals surface area contributed by atoms with Crippen molar-refractivity contribution in [2.75, 3.05) is 0 Å². The van der Waals surface area contributed by atoms with E-state index in [-0.39, 0.29) is 5.75 Å². The van der Waals surface area contributed by atoms with Gasteiger partial charge in [0.15, 0.2) is 0 Å². The molecule has 0 heterocycles. The molecule has 64 valence electrons. The highest BCUT2D eigenvalue weighted by Crippen LogP contribution is 2.25. The maximum absolute atomic E-state index is 9.36. The first-order chi connectivity index (χ1) is 5.65. The third kappa shape index (κ3) is 1.66. The van der Waals surface area contributed by atoms with Crippen LogP contribution in [0.5, 0.6) is 5.75 Å². The summed E-state index contributed by atoms with van der Waals surface area (Å²) >= 11 is 0. The van der Waals surface area contributed by atoms with Crippen molar-refractivity contribution in [1.82, 2.24) is 0 Å². The number of phenols is 1. The second-order valence-corrected chi connectivity index (χ2v) is 2.74. The normalized spacial score (nSPS) is 12.5. The van der Waals surface area contributed by atoms with Gasteiger partial charge < -0.3 is 10.2 Å². The minimum Gasteiger partial charge on any atom is -0.508 e. The SMILES string of the molecule is C=CC(O)c1cc(C)ccc1O. The van der Waals surface area contributed by atoms with Crippen molar-refractivity contribution in [3.8, 4) is 5.75 Å². The van der Waals surface area contributed by atoms with Crippen LogP contribution in [-0.2, 0) is 0 Å². The molecule has 1 aromatic carbocycles. The van der Waals surface area contributed by atoms with Crippen LogP contribution in [-0.4, -0.2) is 10.2 Å². The molecule has 0 aliphatic rings. The van der Waals surface area contributed by atoms with Crippen molar-refractivity contribution >= 4 is 0 Å². The van der Waals surface area contributed by atoms with Gasteiger partial charge in [0.1, 0.15) is 11.9 Å². The fraction of sp³-hybridized carbons (Fsp3) is 0.200. The summed E-state index contributed by atoms with van der Waals surface area (Å²) in [7, 11) is 0. The van der Waals surface area contributed by atoms with Crippen LogP contribution in [0.1, 0.15) is 17.2 Å². The van der Waals surface area contributed by atoms with Crippen LogP contribution >= 0.6 is 0 Å². The molecule has 1 atom stereocenters. The van der Waals surface area contributed by atoms with E-state index < -0.39 is 6.10 Å². The largest absolute Gasteiger partial charge is 0.508 e. The molecule has 0 aliphatic carbocycles. The third-order valence-corrected chi connectivity index (χ3v) is 1.72. The average Bonchev–Trinajstić information content (AvgIpc) is 2.08. The van der Waals surface area contributed by atoms with Crippen LogP contribution in [0.3, 0.4) is 0 Å². The molecule has 1 unspecified atom stereocenters. The van der Waals surface area contributed by atoms with E-state index in [2.05, 4.69) is 6.58 Å². The van der Waals surface area contributed by atoms with E-state index in [0.29, 0.717) is 5.56 Å². The summed E-state index contributed by atoms with van der Waals surface area (Å²) < 4.78 is 0. The number of aliphatic hydroxyl groups is 1. The minimum absolute atomic E-state index is 0.105. The van der Waals surface area contributed by atoms with Crippen LogP contribution in [0, 0.1) is 6.92 Å². The third-order valence-electron chi connectivity index (χ3n) is 1.72. The van der Waals surface area contributed by atoms with Gasteiger partial charge in [-0.15, -0.1) is 6.58 Å². The van der Waals surface area contributed by atoms with Gasteiger partial charge in [0.2, 0.25) is 0 Å². The number of hydrogen-bond acceptors (Lipinski definition) is 2. The first-order valence-electron chi connectivity index (χ1n) is 3.75. The molecule has 0 spiro atoms. The number of aromatic hydroxyl groups is 1. The van der Waals surface area contributed by atoms with E-state index in [1.165, 1.54) is 6.08 Å². The van der Waals surface area contributed by atoms with E-state index in [1.54, 1.807) is 18.2 Å². The second kappa shape index (κ2) is 3.41. The van der Waals surface area contributed by atoms with E-state index in [9.17, 15) is 10.2 Å². The van der Waals surface area contributed by atoms with Crippen molar-refractivity contribution < 1.29 is 10.2 Å². The molecule has 0 aromatic heterocycles. The van der Waals surface area contributed by atoms with Gasteiger partial charge in [0.25, 0.3) is 0 Å². The van der Waals surface area contributed by atoms with Crippen molar-refractivity contribution in [2.24, 2.45) is 0 Å². The number of hydrogen-bond donors (Lipinski definition) is 2. The molecule has 1 rings (SSSR count). The van der Waals surface area contributed by atoms with Gasteiger partial charge in [0.05, 0.1) is 0 Å². The Morgan fingerprint density at radius 3 is 2.75 bits per heavy atom. The molecule has 0 radical (unpaired) electrons. The molecule has 2 heteroatoms. The highest BCUT2D eigenvalue weighted by Gasteiger charge is 2.07. The fourth-order valence-corrected chi connectivity index (χ4v) is 1.04. The maximum Gasteiger partial charge on any atom is 0.121 e. The molecule has 0 fully saturated rings. The average molecular weight is 164 g/mol. The van der Waals surface area contributed by atoms with Crippen LogP contribution in [0.25, 0.3) is 0 Å². The molecule has 0 amide bonds. The van der Waals surface area contributed by atoms with Crippen LogP contribution in [0.4, 0.5) is 0 Å². The maximum atomic E-state index is 9.36. The predicted octanol–water partition coefficient (Wildman–Crippen LogP) is 1.92. The monoisotopic (exact) mass is 164 g/mol. The van der Waals surface area contributed by atoms with Crippen LogP contribution in [0.2, 0.25) is 0 Å². The van der Waals surface area contributed by atoms with Gasteiger partial charge in [-0.05, 0) is 19.1 Å². The molecule has 0 saturated carbocycles. The molecule has 0 saturated heterocycles. The summed E-state index contributed by atoms with van der Waals surface area (Å²) in [5, 5.41) is 18.7. The Morgan fingerprint density at radius 1 is 1.50 bits per heavy atom. The highest BCUT2D eigenvalue weighted by atomic mass is 16.3. The zero-order chi connectivity index (χ0) is 9.14. The van der Waals surface area contributed by atoms with Gasteiger partial charge >= 0.3 is 0 Å². The highest BCUT2D eigenvalue weighted by molar-refractivity contribution is 5.38. The minimum atomic E-state index is -0.787. The number of benzene rings is 1. The molecular weight excluding hydrogens is 152 g/mol. The lowest BCUT2D eigenvalue weighted by Gasteiger charge is -2.08. The lowest BCUT2D eigenvalue weighted by Crippen LogP contribution is -1.93. The molecule has 2 N–H and O–H groups in total. The molecule has 0 aliphatic heterocycles. The van der Waals surface area contributed by atoms with E-state index in [1.807, 2.05) is 6.92 Å². The van der Waals surface area contributed by atoms with E-state index >= 15 is 0 Å². The zero-order valence-corrected chi connectivity index (χ0v) is 6.99. The standard InChI is InChI=1S/C10H12O2/c1-3-9(11)8-6-7(2)4-5-10(8)12/h3-6,9,11-12H,1H2,2H3. The quantitative estimate of drug-likeness (QED) is 0.655. The lowest BCUT2D eigenvalue weighted by atomic mass is 10.1. The van der Waals surface area contributed by atoms with Gasteiger partial charge in [-0.3, -0.25) is 0 Å². The number of aliphatic hydroxyl groups excluding tert-OH is 1. The summed E-state index contributed by atoms with van der Waals surface area (Å²) in [6.07, 6.45) is 0.596. The second-order valence-electron chi connectivity index (χ2n) is 2.74. The zero-order valence-electron chi connectivity index (χ0n) is 6.99. The summed E-state index contributed by atoms with van der Waals surface area (Å²) in [4.78, 5) is 0. The van der Waals surface area contributed by atoms with Crippen molar-refractivity contribution in [2.45, 2.75) is 13.0 Å². The van der Waals surface area contributed by atoms with Gasteiger partial charge in [0, 0.05) is 5.56 Å². The lowest BCUT2D eigenvalue weighted by molar-refractivity contribution is 0.224. The summed E-state index contributed by atoms with van der Waals surface area (Å²) in [6, 6.07) is 5.09. The van der Waals surface area contributed by atoms with Crippen LogP contribution < -0.4 is 0 Å². The Balaban J connectivity index is 3.12. The van der Waals surface area contributed by atoms with Crippen molar-refractivity contribution in [3.63, 3.8) is 0 Å². The topological polar surface area (TPSA) is 40.5 Å². The molecule has 0 bridgehead atoms. The Labute approximate surface area is 71.8 Å². The first-order valence-corrected chi connectivity index (χ1v) is 3.75. The van der Waals surface area contributed by atoms with Crippen molar-refractivity contribution in [3.05, 3.63) is 42.0 Å². The van der Waals surface area contributed by atoms with Crippen molar-refractivity contribution in [1.29, 1.82) is 0 Å². The number of rotatable bonds is 2. The fourth-order valence-electron chi connectivity index (χ4n) is 1.04. The molecular formula is C10H12O2. The summed E-state index contributed by atoms with van der Waals surface area (Å²) in [6.45, 7) is 5.35. The molecule has 2 nitrogen and oxygen atoms in total. The Morgan fingerprint density at radius 2 is 2.17 bits per heavy atom.